The quantitative estimate of drug-likeness (QED) is 0.783. The van der Waals surface area contributed by atoms with Crippen LogP contribution >= 0.6 is 0 Å². The molecular formula is C22H28F2O2Si. The Hall–Kier alpha value is -1.56. The van der Waals surface area contributed by atoms with Crippen molar-refractivity contribution in [3.05, 3.63) is 60.7 Å². The van der Waals surface area contributed by atoms with Crippen molar-refractivity contribution in [3.8, 4) is 0 Å². The molecule has 27 heavy (non-hydrogen) atoms. The van der Waals surface area contributed by atoms with E-state index in [0.29, 0.717) is 0 Å². The maximum Gasteiger partial charge on any atom is 0.261 e. The third-order valence-electron chi connectivity index (χ3n) is 5.58. The third-order valence-corrected chi connectivity index (χ3v) is 10.6. The van der Waals surface area contributed by atoms with Gasteiger partial charge in [0.15, 0.2) is 0 Å². The molecule has 0 bridgehead atoms. The van der Waals surface area contributed by atoms with Crippen LogP contribution in [0.1, 0.15) is 33.6 Å². The van der Waals surface area contributed by atoms with Gasteiger partial charge in [0.25, 0.3) is 14.2 Å². The van der Waals surface area contributed by atoms with Gasteiger partial charge in [-0.3, -0.25) is 0 Å². The summed E-state index contributed by atoms with van der Waals surface area (Å²) in [6.07, 6.45) is -1.33. The van der Waals surface area contributed by atoms with Crippen LogP contribution in [0.4, 0.5) is 8.78 Å². The minimum absolute atomic E-state index is 0.0443. The van der Waals surface area contributed by atoms with Crippen LogP contribution in [-0.4, -0.2) is 32.1 Å². The Kier molecular flexibility index (Phi) is 5.57. The molecule has 0 amide bonds. The Morgan fingerprint density at radius 3 is 1.85 bits per heavy atom. The van der Waals surface area contributed by atoms with Crippen molar-refractivity contribution in [1.82, 2.24) is 0 Å². The molecule has 2 atom stereocenters. The van der Waals surface area contributed by atoms with Crippen LogP contribution in [0.5, 0.6) is 0 Å². The van der Waals surface area contributed by atoms with Crippen molar-refractivity contribution in [2.24, 2.45) is 5.92 Å². The number of aliphatic hydroxyl groups excluding tert-OH is 1. The van der Waals surface area contributed by atoms with Crippen molar-refractivity contribution < 1.29 is 18.3 Å². The molecule has 0 aliphatic heterocycles. The second-order valence-electron chi connectivity index (χ2n) is 8.53. The summed E-state index contributed by atoms with van der Waals surface area (Å²) >= 11 is 0. The van der Waals surface area contributed by atoms with E-state index in [9.17, 15) is 13.9 Å². The van der Waals surface area contributed by atoms with Gasteiger partial charge in [-0.25, -0.2) is 8.78 Å². The molecule has 2 aromatic carbocycles. The first kappa shape index (κ1) is 20.2. The molecule has 1 fully saturated rings. The number of hydrogen-bond acceptors (Lipinski definition) is 2. The first-order chi connectivity index (χ1) is 12.7. The summed E-state index contributed by atoms with van der Waals surface area (Å²) in [6, 6.07) is 20.0. The Balaban J connectivity index is 2.05. The number of alkyl halides is 2. The summed E-state index contributed by atoms with van der Waals surface area (Å²) in [5.74, 6) is -3.83. The average Bonchev–Trinajstić information content (AvgIpc) is 2.88. The number of benzene rings is 2. The predicted octanol–water partition coefficient (Wildman–Crippen LogP) is 3.97. The molecule has 2 nitrogen and oxygen atoms in total. The van der Waals surface area contributed by atoms with Gasteiger partial charge in [-0.15, -0.1) is 0 Å². The Labute approximate surface area is 161 Å². The van der Waals surface area contributed by atoms with Gasteiger partial charge in [-0.05, 0) is 21.8 Å². The van der Waals surface area contributed by atoms with Gasteiger partial charge in [0.2, 0.25) is 0 Å². The van der Waals surface area contributed by atoms with E-state index in [2.05, 4.69) is 20.8 Å². The van der Waals surface area contributed by atoms with Gasteiger partial charge >= 0.3 is 0 Å². The van der Waals surface area contributed by atoms with Crippen molar-refractivity contribution in [1.29, 1.82) is 0 Å². The minimum Gasteiger partial charge on any atom is -0.407 e. The number of rotatable bonds is 5. The first-order valence-electron chi connectivity index (χ1n) is 9.48. The van der Waals surface area contributed by atoms with Crippen LogP contribution < -0.4 is 10.4 Å². The number of halogens is 2. The van der Waals surface area contributed by atoms with E-state index in [1.54, 1.807) is 0 Å². The summed E-state index contributed by atoms with van der Waals surface area (Å²) < 4.78 is 35.2. The van der Waals surface area contributed by atoms with E-state index in [1.165, 1.54) is 0 Å². The molecule has 146 valence electrons. The van der Waals surface area contributed by atoms with Gasteiger partial charge in [-0.2, -0.15) is 0 Å². The van der Waals surface area contributed by atoms with E-state index >= 15 is 0 Å². The molecule has 0 aromatic heterocycles. The van der Waals surface area contributed by atoms with Crippen molar-refractivity contribution in [2.75, 3.05) is 6.61 Å². The molecule has 0 saturated heterocycles. The Morgan fingerprint density at radius 1 is 1.00 bits per heavy atom. The van der Waals surface area contributed by atoms with Crippen molar-refractivity contribution in [3.63, 3.8) is 0 Å². The SMILES string of the molecule is CC(C)(C)[Si](OC[C@H]1C[C@H](O)CC1(F)F)(c1ccccc1)c1ccccc1. The zero-order valence-corrected chi connectivity index (χ0v) is 17.2. The summed E-state index contributed by atoms with van der Waals surface area (Å²) in [6.45, 7) is 6.33. The topological polar surface area (TPSA) is 29.5 Å². The van der Waals surface area contributed by atoms with Gasteiger partial charge in [0.1, 0.15) is 0 Å². The molecular weight excluding hydrogens is 362 g/mol. The first-order valence-corrected chi connectivity index (χ1v) is 11.4. The molecule has 0 unspecified atom stereocenters. The van der Waals surface area contributed by atoms with Crippen molar-refractivity contribution >= 4 is 18.7 Å². The van der Waals surface area contributed by atoms with Gasteiger partial charge < -0.3 is 9.53 Å². The van der Waals surface area contributed by atoms with Crippen molar-refractivity contribution in [2.45, 2.75) is 50.7 Å². The summed E-state index contributed by atoms with van der Waals surface area (Å²) in [5.41, 5.74) is 0. The predicted molar refractivity (Wildman–Crippen MR) is 107 cm³/mol. The van der Waals surface area contributed by atoms with E-state index in [0.717, 1.165) is 10.4 Å². The van der Waals surface area contributed by atoms with Gasteiger partial charge in [0.05, 0.1) is 6.10 Å². The summed E-state index contributed by atoms with van der Waals surface area (Å²) in [5, 5.41) is 11.6. The number of aliphatic hydroxyl groups is 1. The molecule has 3 rings (SSSR count). The fourth-order valence-corrected chi connectivity index (χ4v) is 8.85. The molecule has 0 radical (unpaired) electrons. The zero-order valence-electron chi connectivity index (χ0n) is 16.2. The largest absolute Gasteiger partial charge is 0.407 e. The highest BCUT2D eigenvalue weighted by Crippen LogP contribution is 2.43. The van der Waals surface area contributed by atoms with E-state index < -0.39 is 32.7 Å². The standard InChI is InChI=1S/C22H28F2O2Si/c1-21(2,3)27(19-10-6-4-7-11-19,20-12-8-5-9-13-20)26-16-17-14-18(25)15-22(17,23)24/h4-13,17-18,25H,14-16H2,1-3H3/t17-,18+/m1/s1. The highest BCUT2D eigenvalue weighted by atomic mass is 28.4. The highest BCUT2D eigenvalue weighted by molar-refractivity contribution is 6.99. The average molecular weight is 391 g/mol. The molecule has 0 spiro atoms. The molecule has 1 aliphatic rings. The minimum atomic E-state index is -2.88. The van der Waals surface area contributed by atoms with E-state index in [1.807, 2.05) is 60.7 Å². The lowest BCUT2D eigenvalue weighted by molar-refractivity contribution is -0.0553. The van der Waals surface area contributed by atoms with Crippen LogP contribution in [-0.2, 0) is 4.43 Å². The summed E-state index contributed by atoms with van der Waals surface area (Å²) in [4.78, 5) is 0. The lowest BCUT2D eigenvalue weighted by Crippen LogP contribution is -2.67. The second kappa shape index (κ2) is 7.45. The maximum absolute atomic E-state index is 14.3. The molecule has 1 saturated carbocycles. The fraction of sp³-hybridized carbons (Fsp3) is 0.455. The molecule has 1 aliphatic carbocycles. The highest BCUT2D eigenvalue weighted by Gasteiger charge is 2.53. The smallest absolute Gasteiger partial charge is 0.261 e. The van der Waals surface area contributed by atoms with Crippen LogP contribution in [0.3, 0.4) is 0 Å². The molecule has 0 heterocycles. The summed E-state index contributed by atoms with van der Waals surface area (Å²) in [7, 11) is -2.82. The molecule has 2 aromatic rings. The van der Waals surface area contributed by atoms with Crippen LogP contribution in [0, 0.1) is 5.92 Å². The molecule has 5 heteroatoms. The van der Waals surface area contributed by atoms with Crippen LogP contribution in [0.25, 0.3) is 0 Å². The monoisotopic (exact) mass is 390 g/mol. The third kappa shape index (κ3) is 3.86. The maximum atomic E-state index is 14.3. The molecule has 1 N–H and O–H groups in total. The normalized spacial score (nSPS) is 22.7. The Bertz CT molecular complexity index is 704. The Morgan fingerprint density at radius 2 is 1.48 bits per heavy atom. The second-order valence-corrected chi connectivity index (χ2v) is 12.8. The van der Waals surface area contributed by atoms with Crippen LogP contribution in [0.2, 0.25) is 5.04 Å². The fourth-order valence-electron chi connectivity index (χ4n) is 4.24. The lowest BCUT2D eigenvalue weighted by Gasteiger charge is -2.43. The zero-order chi connectivity index (χ0) is 19.7. The van der Waals surface area contributed by atoms with Crippen LogP contribution in [0.15, 0.2) is 60.7 Å². The lowest BCUT2D eigenvalue weighted by atomic mass is 10.1. The van der Waals surface area contributed by atoms with Gasteiger partial charge in [0, 0.05) is 18.9 Å². The number of hydrogen-bond donors (Lipinski definition) is 1. The van der Waals surface area contributed by atoms with E-state index in [-0.39, 0.29) is 18.1 Å². The van der Waals surface area contributed by atoms with Gasteiger partial charge in [-0.1, -0.05) is 81.4 Å². The van der Waals surface area contributed by atoms with E-state index in [4.69, 9.17) is 4.43 Å².